The number of sulfone groups is 1. The van der Waals surface area contributed by atoms with Gasteiger partial charge >= 0.3 is 0 Å². The van der Waals surface area contributed by atoms with Gasteiger partial charge in [0, 0.05) is 23.8 Å². The molecule has 0 aromatic carbocycles. The van der Waals surface area contributed by atoms with Crippen LogP contribution in [0, 0.1) is 0 Å². The first kappa shape index (κ1) is 15.6. The summed E-state index contributed by atoms with van der Waals surface area (Å²) in [4.78, 5) is 6.11. The van der Waals surface area contributed by atoms with Crippen LogP contribution in [0.15, 0.2) is 18.3 Å². The van der Waals surface area contributed by atoms with E-state index in [2.05, 4.69) is 4.98 Å². The van der Waals surface area contributed by atoms with Crippen LogP contribution >= 0.6 is 11.8 Å². The van der Waals surface area contributed by atoms with Gasteiger partial charge in [-0.15, -0.1) is 0 Å². The van der Waals surface area contributed by atoms with Gasteiger partial charge < -0.3 is 10.0 Å². The minimum Gasteiger partial charge on any atom is -0.387 e. The summed E-state index contributed by atoms with van der Waals surface area (Å²) in [6.45, 7) is 4.04. The molecule has 1 N–H and O–H groups in total. The average molecular weight is 316 g/mol. The summed E-state index contributed by atoms with van der Waals surface area (Å²) in [5, 5.41) is 8.99. The van der Waals surface area contributed by atoms with E-state index in [9.17, 15) is 13.5 Å². The minimum absolute atomic E-state index is 0.147. The second kappa shape index (κ2) is 6.32. The number of rotatable bonds is 4. The molecular weight excluding hydrogens is 296 g/mol. The van der Waals surface area contributed by atoms with Crippen LogP contribution in [0.3, 0.4) is 0 Å². The first-order valence-electron chi connectivity index (χ1n) is 6.65. The Morgan fingerprint density at radius 3 is 2.85 bits per heavy atom. The largest absolute Gasteiger partial charge is 0.387 e. The van der Waals surface area contributed by atoms with Crippen LogP contribution in [0.2, 0.25) is 0 Å². The van der Waals surface area contributed by atoms with Crippen LogP contribution in [-0.2, 0) is 9.84 Å². The summed E-state index contributed by atoms with van der Waals surface area (Å²) in [5.41, 5.74) is 1.40. The van der Waals surface area contributed by atoms with Gasteiger partial charge in [-0.05, 0) is 19.1 Å². The maximum Gasteiger partial charge on any atom is 0.171 e. The Morgan fingerprint density at radius 2 is 2.30 bits per heavy atom. The maximum atomic E-state index is 12.2. The fourth-order valence-corrected chi connectivity index (χ4v) is 5.17. The van der Waals surface area contributed by atoms with Crippen molar-refractivity contribution in [1.82, 2.24) is 4.98 Å². The van der Waals surface area contributed by atoms with Gasteiger partial charge in [0.2, 0.25) is 0 Å². The van der Waals surface area contributed by atoms with E-state index in [1.54, 1.807) is 37.9 Å². The number of anilines is 1. The number of aliphatic hydroxyl groups excluding tert-OH is 1. The molecule has 112 valence electrons. The number of thioether (sulfide) groups is 1. The molecule has 1 fully saturated rings. The van der Waals surface area contributed by atoms with Gasteiger partial charge in [0.25, 0.3) is 0 Å². The molecule has 2 atom stereocenters. The van der Waals surface area contributed by atoms with Gasteiger partial charge in [-0.1, -0.05) is 6.92 Å². The second-order valence-electron chi connectivity index (χ2n) is 4.79. The fraction of sp³-hybridized carbons (Fsp3) is 0.615. The van der Waals surface area contributed by atoms with Crippen molar-refractivity contribution in [3.63, 3.8) is 0 Å². The van der Waals surface area contributed by atoms with Crippen molar-refractivity contribution < 1.29 is 13.5 Å². The van der Waals surface area contributed by atoms with E-state index in [1.807, 2.05) is 11.0 Å². The van der Waals surface area contributed by atoms with Gasteiger partial charge in [-0.25, -0.2) is 8.42 Å². The van der Waals surface area contributed by atoms with Gasteiger partial charge in [0.05, 0.1) is 23.7 Å². The summed E-state index contributed by atoms with van der Waals surface area (Å²) in [6.07, 6.45) is 1.03. The number of hydrogen-bond donors (Lipinski definition) is 1. The lowest BCUT2D eigenvalue weighted by atomic mass is 10.2. The van der Waals surface area contributed by atoms with Crippen LogP contribution in [0.4, 0.5) is 5.69 Å². The van der Waals surface area contributed by atoms with E-state index in [1.165, 1.54) is 0 Å². The number of hydrogen-bond acceptors (Lipinski definition) is 6. The molecule has 0 radical (unpaired) electrons. The number of nitrogens with zero attached hydrogens (tertiary/aromatic N) is 2. The summed E-state index contributed by atoms with van der Waals surface area (Å²) in [5.74, 6) is 1.65. The Labute approximate surface area is 124 Å². The molecule has 1 aromatic rings. The minimum atomic E-state index is -3.12. The number of aromatic nitrogens is 1. The molecule has 0 aliphatic carbocycles. The monoisotopic (exact) mass is 316 g/mol. The summed E-state index contributed by atoms with van der Waals surface area (Å²) in [7, 11) is -3.12. The van der Waals surface area contributed by atoms with Gasteiger partial charge in [0.1, 0.15) is 5.37 Å². The van der Waals surface area contributed by atoms with Crippen LogP contribution < -0.4 is 4.90 Å². The highest BCUT2D eigenvalue weighted by molar-refractivity contribution is 8.01. The van der Waals surface area contributed by atoms with Crippen molar-refractivity contribution in [2.45, 2.75) is 25.3 Å². The Morgan fingerprint density at radius 1 is 1.55 bits per heavy atom. The van der Waals surface area contributed by atoms with Crippen LogP contribution in [0.1, 0.15) is 25.6 Å². The third kappa shape index (κ3) is 3.27. The van der Waals surface area contributed by atoms with E-state index in [4.69, 9.17) is 0 Å². The summed E-state index contributed by atoms with van der Waals surface area (Å²) < 4.78 is 24.4. The van der Waals surface area contributed by atoms with E-state index >= 15 is 0 Å². The molecule has 0 spiro atoms. The quantitative estimate of drug-likeness (QED) is 0.906. The smallest absolute Gasteiger partial charge is 0.171 e. The Bertz CT molecular complexity index is 543. The van der Waals surface area contributed by atoms with Crippen molar-refractivity contribution in [1.29, 1.82) is 0 Å². The molecule has 0 saturated carbocycles. The molecule has 1 saturated heterocycles. The van der Waals surface area contributed by atoms with Crippen LogP contribution in [-0.4, -0.2) is 47.7 Å². The molecule has 5 nitrogen and oxygen atoms in total. The predicted molar refractivity (Wildman–Crippen MR) is 82.8 cm³/mol. The first-order valence-corrected chi connectivity index (χ1v) is 9.52. The highest BCUT2D eigenvalue weighted by atomic mass is 32.2. The van der Waals surface area contributed by atoms with Crippen molar-refractivity contribution in [2.24, 2.45) is 0 Å². The average Bonchev–Trinajstić information content (AvgIpc) is 2.47. The van der Waals surface area contributed by atoms with Crippen molar-refractivity contribution in [3.8, 4) is 0 Å². The lowest BCUT2D eigenvalue weighted by molar-refractivity contribution is 0.194. The molecule has 20 heavy (non-hydrogen) atoms. The highest BCUT2D eigenvalue weighted by Gasteiger charge is 2.33. The zero-order chi connectivity index (χ0) is 14.8. The number of pyridine rings is 1. The third-order valence-electron chi connectivity index (χ3n) is 3.43. The van der Waals surface area contributed by atoms with E-state index in [-0.39, 0.29) is 5.75 Å². The van der Waals surface area contributed by atoms with Gasteiger partial charge in [-0.3, -0.25) is 4.98 Å². The topological polar surface area (TPSA) is 70.5 Å². The maximum absolute atomic E-state index is 12.2. The molecule has 1 aliphatic heterocycles. The molecule has 1 aliphatic rings. The van der Waals surface area contributed by atoms with Crippen molar-refractivity contribution >= 4 is 27.3 Å². The number of aliphatic hydroxyl groups is 1. The molecule has 7 heteroatoms. The predicted octanol–water partition coefficient (Wildman–Crippen LogP) is 1.45. The molecule has 1 aromatic heterocycles. The fourth-order valence-electron chi connectivity index (χ4n) is 2.18. The zero-order valence-corrected chi connectivity index (χ0v) is 13.3. The van der Waals surface area contributed by atoms with Crippen LogP contribution in [0.25, 0.3) is 0 Å². The van der Waals surface area contributed by atoms with Gasteiger partial charge in [0.15, 0.2) is 9.84 Å². The lowest BCUT2D eigenvalue weighted by Crippen LogP contribution is -2.48. The zero-order valence-electron chi connectivity index (χ0n) is 11.7. The third-order valence-corrected chi connectivity index (χ3v) is 6.72. The van der Waals surface area contributed by atoms with Crippen molar-refractivity contribution in [2.75, 3.05) is 28.7 Å². The Kier molecular flexibility index (Phi) is 4.93. The molecule has 0 bridgehead atoms. The molecule has 0 amide bonds. The Hall–Kier alpha value is -0.790. The van der Waals surface area contributed by atoms with E-state index < -0.39 is 21.3 Å². The standard InChI is InChI=1S/C13H20N2O3S2/c1-3-20(17,18)13-9-19-7-6-15(13)11-4-5-12(10(2)16)14-8-11/h4-5,8,10,13,16H,3,6-7,9H2,1-2H3/t10-,13?/m1/s1. The molecule has 1 unspecified atom stereocenters. The molecule has 2 heterocycles. The van der Waals surface area contributed by atoms with Crippen molar-refractivity contribution in [3.05, 3.63) is 24.0 Å². The highest BCUT2D eigenvalue weighted by Crippen LogP contribution is 2.27. The van der Waals surface area contributed by atoms with E-state index in [0.717, 1.165) is 11.4 Å². The summed E-state index contributed by atoms with van der Waals surface area (Å²) in [6, 6.07) is 3.58. The second-order valence-corrected chi connectivity index (χ2v) is 8.39. The normalized spacial score (nSPS) is 21.8. The van der Waals surface area contributed by atoms with Crippen LogP contribution in [0.5, 0.6) is 0 Å². The first-order chi connectivity index (χ1) is 9.45. The summed E-state index contributed by atoms with van der Waals surface area (Å²) >= 11 is 1.67. The van der Waals surface area contributed by atoms with Gasteiger partial charge in [-0.2, -0.15) is 11.8 Å². The Balaban J connectivity index is 2.28. The lowest BCUT2D eigenvalue weighted by Gasteiger charge is -2.36. The molecule has 2 rings (SSSR count). The van der Waals surface area contributed by atoms with E-state index in [0.29, 0.717) is 18.0 Å². The SMILES string of the molecule is CCS(=O)(=O)C1CSCCN1c1ccc([C@@H](C)O)nc1. The molecular formula is C13H20N2O3S2.